The Hall–Kier alpha value is -5.13. The minimum atomic E-state index is -1.41. The van der Waals surface area contributed by atoms with E-state index in [-0.39, 0.29) is 16.7 Å². The first-order valence-electron chi connectivity index (χ1n) is 11.0. The summed E-state index contributed by atoms with van der Waals surface area (Å²) < 4.78 is 15.7. The first-order chi connectivity index (χ1) is 17.9. The van der Waals surface area contributed by atoms with Crippen molar-refractivity contribution in [3.63, 3.8) is 0 Å². The van der Waals surface area contributed by atoms with Crippen LogP contribution in [0.25, 0.3) is 0 Å². The molecule has 0 atom stereocenters. The summed E-state index contributed by atoms with van der Waals surface area (Å²) in [6.07, 6.45) is 0. The molecule has 0 saturated heterocycles. The van der Waals surface area contributed by atoms with Gasteiger partial charge in [0.25, 0.3) is 0 Å². The summed E-state index contributed by atoms with van der Waals surface area (Å²) in [6, 6.07) is 11.0. The van der Waals surface area contributed by atoms with Gasteiger partial charge in [-0.3, -0.25) is 0 Å². The molecule has 0 unspecified atom stereocenters. The summed E-state index contributed by atoms with van der Waals surface area (Å²) in [6.45, 7) is -0.160. The molecule has 0 aliphatic rings. The molecule has 0 saturated carbocycles. The Labute approximate surface area is 215 Å². The minimum Gasteiger partial charge on any atom is -0.504 e. The fourth-order valence-corrected chi connectivity index (χ4v) is 3.17. The highest BCUT2D eigenvalue weighted by Crippen LogP contribution is 2.32. The van der Waals surface area contributed by atoms with Crippen LogP contribution in [-0.4, -0.2) is 68.4 Å². The molecule has 12 heteroatoms. The quantitative estimate of drug-likeness (QED) is 0.135. The summed E-state index contributed by atoms with van der Waals surface area (Å²) in [4.78, 5) is 37.6. The van der Waals surface area contributed by atoms with Gasteiger partial charge in [0, 0.05) is 0 Å². The van der Waals surface area contributed by atoms with Crippen molar-refractivity contribution >= 4 is 17.9 Å². The van der Waals surface area contributed by atoms with E-state index < -0.39 is 77.6 Å². The number of phenols is 6. The van der Waals surface area contributed by atoms with E-state index in [1.54, 1.807) is 0 Å². The number of hydrogen-bond donors (Lipinski definition) is 6. The molecule has 3 aromatic rings. The van der Waals surface area contributed by atoms with Gasteiger partial charge in [0.15, 0.2) is 34.5 Å². The van der Waals surface area contributed by atoms with Crippen LogP contribution >= 0.6 is 0 Å². The largest absolute Gasteiger partial charge is 0.504 e. The Kier molecular flexibility index (Phi) is 8.16. The maximum Gasteiger partial charge on any atom is 0.342 e. The van der Waals surface area contributed by atoms with Crippen LogP contribution in [0.3, 0.4) is 0 Å². The number of carbonyl (C=O) groups is 3. The third kappa shape index (κ3) is 6.16. The smallest absolute Gasteiger partial charge is 0.342 e. The lowest BCUT2D eigenvalue weighted by atomic mass is 9.94. The Morgan fingerprint density at radius 2 is 0.816 bits per heavy atom. The standard InChI is InChI=1S/C26H24O12/c1-26(11-36-23(33)14-5-2-8-17(27)20(14)30,12-37-24(34)15-6-3-9-18(28)21(15)31)13-38-25(35)16-7-4-10-19(29)22(16)32/h2-10,27-32H,11-13H2,1H3. The van der Waals surface area contributed by atoms with Crippen molar-refractivity contribution in [3.05, 3.63) is 71.3 Å². The van der Waals surface area contributed by atoms with E-state index >= 15 is 0 Å². The van der Waals surface area contributed by atoms with Crippen molar-refractivity contribution in [1.82, 2.24) is 0 Å². The van der Waals surface area contributed by atoms with Crippen molar-refractivity contribution in [2.75, 3.05) is 19.8 Å². The van der Waals surface area contributed by atoms with Gasteiger partial charge in [0.2, 0.25) is 0 Å². The number of carbonyl (C=O) groups excluding carboxylic acids is 3. The molecule has 3 rings (SSSR count). The van der Waals surface area contributed by atoms with Crippen LogP contribution < -0.4 is 0 Å². The third-order valence-electron chi connectivity index (χ3n) is 5.36. The normalized spacial score (nSPS) is 11.0. The number of ether oxygens (including phenoxy) is 3. The molecule has 0 aromatic heterocycles. The molecular formula is C26H24O12. The van der Waals surface area contributed by atoms with Crippen molar-refractivity contribution in [1.29, 1.82) is 0 Å². The summed E-state index contributed by atoms with van der Waals surface area (Å²) in [5.74, 6) is -6.93. The monoisotopic (exact) mass is 528 g/mol. The first-order valence-corrected chi connectivity index (χ1v) is 11.0. The van der Waals surface area contributed by atoms with Crippen LogP contribution in [-0.2, 0) is 14.2 Å². The second-order valence-electron chi connectivity index (χ2n) is 8.56. The number of aromatic hydroxyl groups is 6. The van der Waals surface area contributed by atoms with Crippen LogP contribution in [0.2, 0.25) is 0 Å². The van der Waals surface area contributed by atoms with Crippen LogP contribution in [0.4, 0.5) is 0 Å². The lowest BCUT2D eigenvalue weighted by molar-refractivity contribution is -0.0290. The topological polar surface area (TPSA) is 200 Å². The Morgan fingerprint density at radius 1 is 0.553 bits per heavy atom. The summed E-state index contributed by atoms with van der Waals surface area (Å²) in [7, 11) is 0. The lowest BCUT2D eigenvalue weighted by Crippen LogP contribution is -2.37. The fraction of sp³-hybridized carbons (Fsp3) is 0.192. The second-order valence-corrected chi connectivity index (χ2v) is 8.56. The molecule has 6 N–H and O–H groups in total. The van der Waals surface area contributed by atoms with E-state index in [1.807, 2.05) is 0 Å². The first kappa shape index (κ1) is 27.5. The fourth-order valence-electron chi connectivity index (χ4n) is 3.17. The highest BCUT2D eigenvalue weighted by atomic mass is 16.6. The molecule has 0 aliphatic carbocycles. The molecule has 0 heterocycles. The minimum absolute atomic E-state index is 0.351. The Bertz CT molecular complexity index is 1200. The zero-order valence-corrected chi connectivity index (χ0v) is 20.0. The maximum absolute atomic E-state index is 12.5. The van der Waals surface area contributed by atoms with E-state index in [9.17, 15) is 45.0 Å². The van der Waals surface area contributed by atoms with Crippen molar-refractivity contribution in [2.45, 2.75) is 6.92 Å². The number of phenolic OH excluding ortho intramolecular Hbond substituents is 6. The second kappa shape index (κ2) is 11.3. The molecule has 0 spiro atoms. The van der Waals surface area contributed by atoms with E-state index in [1.165, 1.54) is 43.3 Å². The molecule has 0 amide bonds. The van der Waals surface area contributed by atoms with Gasteiger partial charge in [-0.2, -0.15) is 0 Å². The molecule has 38 heavy (non-hydrogen) atoms. The maximum atomic E-state index is 12.5. The van der Waals surface area contributed by atoms with Gasteiger partial charge >= 0.3 is 17.9 Å². The summed E-state index contributed by atoms with van der Waals surface area (Å²) in [5.41, 5.74) is -2.46. The van der Waals surface area contributed by atoms with Gasteiger partial charge in [0.1, 0.15) is 36.5 Å². The van der Waals surface area contributed by atoms with Crippen molar-refractivity contribution in [2.24, 2.45) is 5.41 Å². The summed E-state index contributed by atoms with van der Waals surface area (Å²) >= 11 is 0. The highest BCUT2D eigenvalue weighted by molar-refractivity contribution is 5.94. The Morgan fingerprint density at radius 3 is 1.08 bits per heavy atom. The van der Waals surface area contributed by atoms with Crippen molar-refractivity contribution in [3.8, 4) is 34.5 Å². The van der Waals surface area contributed by atoms with Crippen LogP contribution in [0.5, 0.6) is 34.5 Å². The Balaban J connectivity index is 1.78. The average Bonchev–Trinajstić information content (AvgIpc) is 2.89. The predicted molar refractivity (Wildman–Crippen MR) is 128 cm³/mol. The predicted octanol–water partition coefficient (Wildman–Crippen LogP) is 2.80. The number of hydrogen-bond acceptors (Lipinski definition) is 12. The third-order valence-corrected chi connectivity index (χ3v) is 5.36. The van der Waals surface area contributed by atoms with E-state index in [4.69, 9.17) is 14.2 Å². The highest BCUT2D eigenvalue weighted by Gasteiger charge is 2.33. The van der Waals surface area contributed by atoms with Gasteiger partial charge in [0.05, 0.1) is 5.41 Å². The van der Waals surface area contributed by atoms with E-state index in [2.05, 4.69) is 0 Å². The van der Waals surface area contributed by atoms with Crippen LogP contribution in [0, 0.1) is 5.41 Å². The molecular weight excluding hydrogens is 504 g/mol. The molecule has 0 radical (unpaired) electrons. The number of esters is 3. The lowest BCUT2D eigenvalue weighted by Gasteiger charge is -2.28. The molecule has 0 aliphatic heterocycles. The number of para-hydroxylation sites is 3. The molecule has 0 fully saturated rings. The zero-order valence-electron chi connectivity index (χ0n) is 20.0. The van der Waals surface area contributed by atoms with Gasteiger partial charge in [-0.1, -0.05) is 18.2 Å². The van der Waals surface area contributed by atoms with Crippen molar-refractivity contribution < 1.29 is 59.2 Å². The molecule has 200 valence electrons. The van der Waals surface area contributed by atoms with E-state index in [0.29, 0.717) is 0 Å². The van der Waals surface area contributed by atoms with Gasteiger partial charge in [-0.15, -0.1) is 0 Å². The molecule has 3 aromatic carbocycles. The SMILES string of the molecule is CC(COC(=O)c1cccc(O)c1O)(COC(=O)c1cccc(O)c1O)COC(=O)c1cccc(O)c1O. The van der Waals surface area contributed by atoms with Crippen LogP contribution in [0.15, 0.2) is 54.6 Å². The zero-order chi connectivity index (χ0) is 28.0. The van der Waals surface area contributed by atoms with Gasteiger partial charge in [-0.25, -0.2) is 14.4 Å². The number of benzene rings is 3. The van der Waals surface area contributed by atoms with E-state index in [0.717, 1.165) is 18.2 Å². The molecule has 0 bridgehead atoms. The molecule has 12 nitrogen and oxygen atoms in total. The van der Waals surface area contributed by atoms with Gasteiger partial charge in [-0.05, 0) is 43.3 Å². The summed E-state index contributed by atoms with van der Waals surface area (Å²) in [5, 5.41) is 58.6. The van der Waals surface area contributed by atoms with Gasteiger partial charge < -0.3 is 44.8 Å². The van der Waals surface area contributed by atoms with Crippen LogP contribution in [0.1, 0.15) is 38.0 Å². The number of rotatable bonds is 9. The average molecular weight is 528 g/mol.